The molecule has 0 aliphatic heterocycles. The van der Waals surface area contributed by atoms with Crippen LogP contribution in [0.5, 0.6) is 0 Å². The van der Waals surface area contributed by atoms with Gasteiger partial charge in [0.1, 0.15) is 10.8 Å². The molecule has 8 heteroatoms. The van der Waals surface area contributed by atoms with Gasteiger partial charge in [-0.25, -0.2) is 4.79 Å². The number of hydrogen-bond acceptors (Lipinski definition) is 6. The number of aryl methyl sites for hydroxylation is 1. The fourth-order valence-electron chi connectivity index (χ4n) is 2.15. The molecule has 7 nitrogen and oxygen atoms in total. The first-order valence-electron chi connectivity index (χ1n) is 7.06. The van der Waals surface area contributed by atoms with Gasteiger partial charge in [-0.15, -0.1) is 11.3 Å². The number of thiophene rings is 1. The third-order valence-corrected chi connectivity index (χ3v) is 4.66. The molecule has 0 aromatic carbocycles. The number of ether oxygens (including phenoxy) is 1. The van der Waals surface area contributed by atoms with Crippen LogP contribution in [-0.2, 0) is 4.74 Å². The number of hydrogen-bond donors (Lipinski definition) is 1. The normalized spacial score (nSPS) is 10.4. The van der Waals surface area contributed by atoms with Gasteiger partial charge in [0, 0.05) is 14.1 Å². The minimum absolute atomic E-state index is 0.183. The van der Waals surface area contributed by atoms with E-state index < -0.39 is 11.9 Å². The Labute approximate surface area is 143 Å². The predicted octanol–water partition coefficient (Wildman–Crippen LogP) is 2.70. The van der Waals surface area contributed by atoms with E-state index in [1.807, 2.05) is 0 Å². The summed E-state index contributed by atoms with van der Waals surface area (Å²) in [5.41, 5.74) is 1.02. The lowest BCUT2D eigenvalue weighted by Gasteiger charge is -2.08. The summed E-state index contributed by atoms with van der Waals surface area (Å²) in [6.07, 6.45) is 1.41. The zero-order valence-electron chi connectivity index (χ0n) is 14.1. The summed E-state index contributed by atoms with van der Waals surface area (Å²) in [6.45, 7) is 3.31. The molecule has 2 aromatic heterocycles. The highest BCUT2D eigenvalue weighted by Crippen LogP contribution is 2.34. The quantitative estimate of drug-likeness (QED) is 0.857. The Balaban J connectivity index is 2.46. The first kappa shape index (κ1) is 17.7. The lowest BCUT2D eigenvalue weighted by molar-refractivity contribution is 0.0601. The van der Waals surface area contributed by atoms with Crippen molar-refractivity contribution in [2.24, 2.45) is 0 Å². The van der Waals surface area contributed by atoms with Crippen LogP contribution in [-0.4, -0.2) is 43.9 Å². The topological polar surface area (TPSA) is 88.8 Å². The van der Waals surface area contributed by atoms with Crippen LogP contribution in [0.15, 0.2) is 16.7 Å². The average molecular weight is 350 g/mol. The predicted molar refractivity (Wildman–Crippen MR) is 89.8 cm³/mol. The largest absolute Gasteiger partial charge is 0.469 e. The summed E-state index contributed by atoms with van der Waals surface area (Å²) in [5, 5.41) is 2.95. The van der Waals surface area contributed by atoms with Crippen molar-refractivity contribution in [3.8, 4) is 0 Å². The van der Waals surface area contributed by atoms with E-state index in [1.54, 1.807) is 27.9 Å². The Morgan fingerprint density at radius 3 is 2.42 bits per heavy atom. The van der Waals surface area contributed by atoms with Gasteiger partial charge in [-0.1, -0.05) is 0 Å². The van der Waals surface area contributed by atoms with E-state index in [-0.39, 0.29) is 16.5 Å². The van der Waals surface area contributed by atoms with Crippen molar-refractivity contribution in [3.05, 3.63) is 39.7 Å². The zero-order chi connectivity index (χ0) is 18.0. The molecule has 0 aliphatic carbocycles. The molecule has 2 amide bonds. The Morgan fingerprint density at radius 2 is 1.92 bits per heavy atom. The van der Waals surface area contributed by atoms with Gasteiger partial charge in [0.15, 0.2) is 0 Å². The molecule has 24 heavy (non-hydrogen) atoms. The standard InChI is InChI=1S/C16H18N2O5S/c1-8-11(16(21)22-5)14(24-12(8)15(20)18(3)4)17-13(19)10-6-7-23-9(10)2/h6-7H,1-5H3,(H,17,19). The van der Waals surface area contributed by atoms with Gasteiger partial charge in [0.2, 0.25) is 0 Å². The minimum atomic E-state index is -0.610. The highest BCUT2D eigenvalue weighted by Gasteiger charge is 2.27. The molecule has 0 saturated heterocycles. The monoisotopic (exact) mass is 350 g/mol. The fraction of sp³-hybridized carbons (Fsp3) is 0.312. The number of esters is 1. The van der Waals surface area contributed by atoms with Crippen molar-refractivity contribution in [1.82, 2.24) is 4.90 Å². The Bertz CT molecular complexity index is 803. The van der Waals surface area contributed by atoms with E-state index >= 15 is 0 Å². The molecule has 2 heterocycles. The SMILES string of the molecule is COC(=O)c1c(NC(=O)c2ccoc2C)sc(C(=O)N(C)C)c1C. The number of methoxy groups -OCH3 is 1. The van der Waals surface area contributed by atoms with Gasteiger partial charge >= 0.3 is 5.97 Å². The number of nitrogens with one attached hydrogen (secondary N) is 1. The van der Waals surface area contributed by atoms with E-state index in [1.165, 1.54) is 24.3 Å². The number of anilines is 1. The third-order valence-electron chi connectivity index (χ3n) is 3.47. The molecule has 2 aromatic rings. The maximum absolute atomic E-state index is 12.4. The van der Waals surface area contributed by atoms with Crippen LogP contribution >= 0.6 is 11.3 Å². The molecule has 0 saturated carbocycles. The fourth-order valence-corrected chi connectivity index (χ4v) is 3.36. The molecular formula is C16H18N2O5S. The summed E-state index contributed by atoms with van der Waals surface area (Å²) >= 11 is 1.04. The number of carbonyl (C=O) groups is 3. The highest BCUT2D eigenvalue weighted by atomic mass is 32.1. The van der Waals surface area contributed by atoms with Crippen LogP contribution in [0, 0.1) is 13.8 Å². The second-order valence-corrected chi connectivity index (χ2v) is 6.32. The van der Waals surface area contributed by atoms with Gasteiger partial charge in [-0.05, 0) is 25.5 Å². The van der Waals surface area contributed by atoms with E-state index in [9.17, 15) is 14.4 Å². The van der Waals surface area contributed by atoms with Crippen molar-refractivity contribution >= 4 is 34.1 Å². The van der Waals surface area contributed by atoms with Crippen LogP contribution in [0.3, 0.4) is 0 Å². The maximum atomic E-state index is 12.4. The van der Waals surface area contributed by atoms with Crippen LogP contribution in [0.4, 0.5) is 5.00 Å². The molecule has 128 valence electrons. The maximum Gasteiger partial charge on any atom is 0.341 e. The molecule has 2 rings (SSSR count). The molecule has 0 atom stereocenters. The summed E-state index contributed by atoms with van der Waals surface area (Å²) in [5.74, 6) is -0.815. The number of rotatable bonds is 4. The molecule has 0 aliphatic rings. The van der Waals surface area contributed by atoms with Gasteiger partial charge in [-0.2, -0.15) is 0 Å². The summed E-state index contributed by atoms with van der Waals surface area (Å²) in [4.78, 5) is 38.5. The van der Waals surface area contributed by atoms with Crippen molar-refractivity contribution in [2.75, 3.05) is 26.5 Å². The summed E-state index contributed by atoms with van der Waals surface area (Å²) in [7, 11) is 4.48. The second kappa shape index (κ2) is 6.88. The average Bonchev–Trinajstić information content (AvgIpc) is 3.09. The lowest BCUT2D eigenvalue weighted by Crippen LogP contribution is -2.21. The Morgan fingerprint density at radius 1 is 1.25 bits per heavy atom. The van der Waals surface area contributed by atoms with Crippen molar-refractivity contribution in [2.45, 2.75) is 13.8 Å². The molecule has 1 N–H and O–H groups in total. The second-order valence-electron chi connectivity index (χ2n) is 5.30. The molecular weight excluding hydrogens is 332 g/mol. The molecule has 0 unspecified atom stereocenters. The first-order chi connectivity index (χ1) is 11.3. The van der Waals surface area contributed by atoms with Crippen LogP contribution in [0.2, 0.25) is 0 Å². The third kappa shape index (κ3) is 3.18. The highest BCUT2D eigenvalue weighted by molar-refractivity contribution is 7.18. The molecule has 0 spiro atoms. The number of amides is 2. The molecule has 0 radical (unpaired) electrons. The summed E-state index contributed by atoms with van der Waals surface area (Å²) < 4.78 is 9.89. The van der Waals surface area contributed by atoms with Gasteiger partial charge < -0.3 is 19.4 Å². The van der Waals surface area contributed by atoms with Crippen LogP contribution in [0.25, 0.3) is 0 Å². The van der Waals surface area contributed by atoms with E-state index in [4.69, 9.17) is 9.15 Å². The Kier molecular flexibility index (Phi) is 5.08. The molecule has 0 fully saturated rings. The van der Waals surface area contributed by atoms with E-state index in [0.29, 0.717) is 21.8 Å². The lowest BCUT2D eigenvalue weighted by atomic mass is 10.1. The van der Waals surface area contributed by atoms with E-state index in [0.717, 1.165) is 11.3 Å². The molecule has 0 bridgehead atoms. The number of nitrogens with zero attached hydrogens (tertiary/aromatic N) is 1. The number of carbonyl (C=O) groups excluding carboxylic acids is 3. The summed E-state index contributed by atoms with van der Waals surface area (Å²) in [6, 6.07) is 1.54. The first-order valence-corrected chi connectivity index (χ1v) is 7.88. The minimum Gasteiger partial charge on any atom is -0.469 e. The smallest absolute Gasteiger partial charge is 0.341 e. The van der Waals surface area contributed by atoms with Crippen molar-refractivity contribution in [1.29, 1.82) is 0 Å². The number of furan rings is 1. The van der Waals surface area contributed by atoms with Crippen molar-refractivity contribution in [3.63, 3.8) is 0 Å². The zero-order valence-corrected chi connectivity index (χ0v) is 14.9. The van der Waals surface area contributed by atoms with Gasteiger partial charge in [0.25, 0.3) is 11.8 Å². The van der Waals surface area contributed by atoms with Crippen LogP contribution < -0.4 is 5.32 Å². The van der Waals surface area contributed by atoms with E-state index in [2.05, 4.69) is 5.32 Å². The Hall–Kier alpha value is -2.61. The van der Waals surface area contributed by atoms with Crippen LogP contribution in [0.1, 0.15) is 41.7 Å². The van der Waals surface area contributed by atoms with Crippen molar-refractivity contribution < 1.29 is 23.5 Å². The van der Waals surface area contributed by atoms with Gasteiger partial charge in [-0.3, -0.25) is 9.59 Å². The van der Waals surface area contributed by atoms with Gasteiger partial charge in [0.05, 0.1) is 29.4 Å².